The van der Waals surface area contributed by atoms with Gasteiger partial charge in [0.1, 0.15) is 0 Å². The zero-order chi connectivity index (χ0) is 13.5. The molecule has 0 bridgehead atoms. The van der Waals surface area contributed by atoms with Crippen molar-refractivity contribution in [2.75, 3.05) is 13.7 Å². The number of hydrogen-bond acceptors (Lipinski definition) is 4. The molecular weight excluding hydrogens is 256 g/mol. The van der Waals surface area contributed by atoms with Gasteiger partial charge >= 0.3 is 0 Å². The summed E-state index contributed by atoms with van der Waals surface area (Å²) in [6.07, 6.45) is 2.88. The topological polar surface area (TPSA) is 73.6 Å². The number of benzene rings is 1. The predicted octanol–water partition coefficient (Wildman–Crippen LogP) is 1.75. The van der Waals surface area contributed by atoms with E-state index in [0.717, 1.165) is 0 Å². The van der Waals surface area contributed by atoms with Crippen LogP contribution in [0.4, 0.5) is 0 Å². The van der Waals surface area contributed by atoms with Crippen LogP contribution < -0.4 is 20.7 Å². The lowest BCUT2D eigenvalue weighted by atomic mass is 10.2. The average molecular weight is 271 g/mol. The molecule has 0 spiro atoms. The molecule has 0 radical (unpaired) electrons. The van der Waals surface area contributed by atoms with Crippen molar-refractivity contribution in [2.24, 2.45) is 5.84 Å². The lowest BCUT2D eigenvalue weighted by molar-refractivity contribution is -0.116. The zero-order valence-electron chi connectivity index (χ0n) is 10.2. The molecule has 6 heteroatoms. The highest BCUT2D eigenvalue weighted by atomic mass is 35.5. The van der Waals surface area contributed by atoms with Crippen LogP contribution in [-0.2, 0) is 4.79 Å². The number of hydrazine groups is 1. The van der Waals surface area contributed by atoms with Crippen molar-refractivity contribution >= 4 is 23.6 Å². The second kappa shape index (κ2) is 6.88. The van der Waals surface area contributed by atoms with E-state index >= 15 is 0 Å². The molecule has 1 aromatic rings. The maximum absolute atomic E-state index is 11.0. The Morgan fingerprint density at radius 1 is 1.56 bits per heavy atom. The van der Waals surface area contributed by atoms with Gasteiger partial charge in [-0.2, -0.15) is 0 Å². The van der Waals surface area contributed by atoms with Crippen LogP contribution in [0.25, 0.3) is 6.08 Å². The summed E-state index contributed by atoms with van der Waals surface area (Å²) in [5.74, 6) is 5.56. The van der Waals surface area contributed by atoms with E-state index in [0.29, 0.717) is 28.7 Å². The van der Waals surface area contributed by atoms with Gasteiger partial charge in [0.05, 0.1) is 18.7 Å². The molecule has 0 saturated carbocycles. The van der Waals surface area contributed by atoms with Gasteiger partial charge in [-0.15, -0.1) is 0 Å². The van der Waals surface area contributed by atoms with Gasteiger partial charge in [0.2, 0.25) is 0 Å². The van der Waals surface area contributed by atoms with Gasteiger partial charge < -0.3 is 9.47 Å². The maximum atomic E-state index is 11.0. The smallest absolute Gasteiger partial charge is 0.257 e. The number of carbonyl (C=O) groups is 1. The van der Waals surface area contributed by atoms with Gasteiger partial charge in [-0.05, 0) is 30.7 Å². The first-order valence-corrected chi connectivity index (χ1v) is 5.69. The van der Waals surface area contributed by atoms with E-state index < -0.39 is 5.91 Å². The van der Waals surface area contributed by atoms with Crippen LogP contribution in [0.15, 0.2) is 18.2 Å². The molecule has 0 aromatic heterocycles. The highest BCUT2D eigenvalue weighted by Gasteiger charge is 2.10. The van der Waals surface area contributed by atoms with Crippen LogP contribution in [0.2, 0.25) is 5.02 Å². The zero-order valence-corrected chi connectivity index (χ0v) is 11.0. The highest BCUT2D eigenvalue weighted by molar-refractivity contribution is 6.32. The van der Waals surface area contributed by atoms with Crippen LogP contribution in [0.1, 0.15) is 12.5 Å². The number of halogens is 1. The Labute approximate surface area is 110 Å². The van der Waals surface area contributed by atoms with Crippen LogP contribution in [-0.4, -0.2) is 19.6 Å². The lowest BCUT2D eigenvalue weighted by Crippen LogP contribution is -2.27. The number of ether oxygens (including phenoxy) is 2. The molecule has 98 valence electrons. The summed E-state index contributed by atoms with van der Waals surface area (Å²) >= 11 is 6.06. The van der Waals surface area contributed by atoms with Crippen molar-refractivity contribution in [3.63, 3.8) is 0 Å². The van der Waals surface area contributed by atoms with E-state index in [1.165, 1.54) is 13.2 Å². The van der Waals surface area contributed by atoms with Crippen LogP contribution >= 0.6 is 11.6 Å². The predicted molar refractivity (Wildman–Crippen MR) is 70.5 cm³/mol. The van der Waals surface area contributed by atoms with Crippen LogP contribution in [0.5, 0.6) is 11.5 Å². The van der Waals surface area contributed by atoms with E-state index in [-0.39, 0.29) is 0 Å². The lowest BCUT2D eigenvalue weighted by Gasteiger charge is -2.11. The second-order valence-electron chi connectivity index (χ2n) is 3.31. The van der Waals surface area contributed by atoms with Gasteiger partial charge in [-0.1, -0.05) is 11.6 Å². The van der Waals surface area contributed by atoms with E-state index in [9.17, 15) is 4.79 Å². The number of rotatable bonds is 5. The third kappa shape index (κ3) is 3.65. The first kappa shape index (κ1) is 14.3. The Hall–Kier alpha value is -1.72. The molecule has 18 heavy (non-hydrogen) atoms. The maximum Gasteiger partial charge on any atom is 0.257 e. The molecule has 0 saturated heterocycles. The van der Waals surface area contributed by atoms with E-state index in [1.54, 1.807) is 18.2 Å². The molecule has 1 amide bonds. The van der Waals surface area contributed by atoms with Crippen molar-refractivity contribution in [1.29, 1.82) is 0 Å². The summed E-state index contributed by atoms with van der Waals surface area (Å²) in [5, 5.41) is 0.413. The molecule has 5 nitrogen and oxygen atoms in total. The van der Waals surface area contributed by atoms with Crippen LogP contribution in [0, 0.1) is 0 Å². The minimum absolute atomic E-state index is 0.403. The molecule has 0 unspecified atom stereocenters. The van der Waals surface area contributed by atoms with Crippen molar-refractivity contribution < 1.29 is 14.3 Å². The molecule has 0 aliphatic carbocycles. The summed E-state index contributed by atoms with van der Waals surface area (Å²) in [6, 6.07) is 3.40. The summed E-state index contributed by atoms with van der Waals surface area (Å²) in [5.41, 5.74) is 2.71. The minimum Gasteiger partial charge on any atom is -0.491 e. The molecule has 0 aliphatic rings. The molecule has 0 atom stereocenters. The monoisotopic (exact) mass is 270 g/mol. The summed E-state index contributed by atoms with van der Waals surface area (Å²) in [7, 11) is 1.51. The van der Waals surface area contributed by atoms with Crippen LogP contribution in [0.3, 0.4) is 0 Å². The van der Waals surface area contributed by atoms with E-state index in [4.69, 9.17) is 26.9 Å². The van der Waals surface area contributed by atoms with Crippen molar-refractivity contribution in [3.8, 4) is 11.5 Å². The number of hydrogen-bond donors (Lipinski definition) is 2. The number of carbonyl (C=O) groups excluding carboxylic acids is 1. The second-order valence-corrected chi connectivity index (χ2v) is 3.72. The Bertz CT molecular complexity index is 461. The number of nitrogens with two attached hydrogens (primary N) is 1. The Kier molecular flexibility index (Phi) is 5.48. The third-order valence-corrected chi connectivity index (χ3v) is 2.39. The number of amides is 1. The van der Waals surface area contributed by atoms with Gasteiger partial charge in [0.25, 0.3) is 5.91 Å². The summed E-state index contributed by atoms with van der Waals surface area (Å²) < 4.78 is 10.6. The number of methoxy groups -OCH3 is 1. The van der Waals surface area contributed by atoms with Crippen molar-refractivity contribution in [3.05, 3.63) is 28.8 Å². The quantitative estimate of drug-likeness (QED) is 0.370. The molecular formula is C12H15ClN2O3. The van der Waals surface area contributed by atoms with E-state index in [2.05, 4.69) is 0 Å². The fourth-order valence-electron chi connectivity index (χ4n) is 1.37. The normalized spacial score (nSPS) is 10.4. The highest BCUT2D eigenvalue weighted by Crippen LogP contribution is 2.36. The fraction of sp³-hybridized carbons (Fsp3) is 0.250. The standard InChI is InChI=1S/C12H15ClN2O3/c1-3-18-10-7-8(4-5-11(16)15-14)6-9(13)12(10)17-2/h4-7H,3,14H2,1-2H3,(H,15,16)/b5-4+. The number of nitrogens with one attached hydrogen (secondary N) is 1. The van der Waals surface area contributed by atoms with E-state index in [1.807, 2.05) is 12.3 Å². The first-order valence-electron chi connectivity index (χ1n) is 5.31. The largest absolute Gasteiger partial charge is 0.491 e. The molecule has 0 aliphatic heterocycles. The molecule has 1 aromatic carbocycles. The van der Waals surface area contributed by atoms with Gasteiger partial charge in [-0.3, -0.25) is 10.2 Å². The summed E-state index contributed by atoms with van der Waals surface area (Å²) in [4.78, 5) is 11.0. The molecule has 0 fully saturated rings. The average Bonchev–Trinajstić information content (AvgIpc) is 2.36. The minimum atomic E-state index is -0.403. The molecule has 3 N–H and O–H groups in total. The Balaban J connectivity index is 3.08. The van der Waals surface area contributed by atoms with Gasteiger partial charge in [0.15, 0.2) is 11.5 Å². The molecule has 1 rings (SSSR count). The van der Waals surface area contributed by atoms with Gasteiger partial charge in [0, 0.05) is 6.08 Å². The Morgan fingerprint density at radius 2 is 2.28 bits per heavy atom. The SMILES string of the molecule is CCOc1cc(/C=C/C(=O)NN)cc(Cl)c1OC. The third-order valence-electron chi connectivity index (χ3n) is 2.11. The van der Waals surface area contributed by atoms with Gasteiger partial charge in [-0.25, -0.2) is 5.84 Å². The Morgan fingerprint density at radius 3 is 2.83 bits per heavy atom. The van der Waals surface area contributed by atoms with Crippen molar-refractivity contribution in [2.45, 2.75) is 6.92 Å². The van der Waals surface area contributed by atoms with Crippen molar-refractivity contribution in [1.82, 2.24) is 5.43 Å². The summed E-state index contributed by atoms with van der Waals surface area (Å²) in [6.45, 7) is 2.35. The molecule has 0 heterocycles. The fourth-order valence-corrected chi connectivity index (χ4v) is 1.66. The first-order chi connectivity index (χ1) is 8.62.